The summed E-state index contributed by atoms with van der Waals surface area (Å²) >= 11 is 5.84. The van der Waals surface area contributed by atoms with Crippen molar-refractivity contribution in [2.24, 2.45) is 15.3 Å². The number of carbonyl (C=O) groups is 2. The SMILES string of the molecule is Cc1c(C(=O)Nc2ccc(N=Nc3ccccc3)cc2)oc2c1/C(=N/NC(=O)c1ccc(Cl)c([N+](=O)[O-])c1)CCC2. The van der Waals surface area contributed by atoms with Gasteiger partial charge in [0.05, 0.1) is 22.0 Å². The summed E-state index contributed by atoms with van der Waals surface area (Å²) in [6.07, 6.45) is 1.87. The van der Waals surface area contributed by atoms with E-state index in [0.29, 0.717) is 53.2 Å². The van der Waals surface area contributed by atoms with Crippen LogP contribution in [0.1, 0.15) is 50.6 Å². The molecule has 2 N–H and O–H groups in total. The molecular weight excluding hydrogens is 548 g/mol. The highest BCUT2D eigenvalue weighted by Crippen LogP contribution is 2.31. The van der Waals surface area contributed by atoms with Gasteiger partial charge in [-0.05, 0) is 68.3 Å². The van der Waals surface area contributed by atoms with E-state index in [1.807, 2.05) is 30.3 Å². The number of fused-ring (bicyclic) bond motifs is 1. The number of aryl methyl sites for hydroxylation is 1. The average molecular weight is 571 g/mol. The predicted molar refractivity (Wildman–Crippen MR) is 154 cm³/mol. The minimum Gasteiger partial charge on any atom is -0.455 e. The summed E-state index contributed by atoms with van der Waals surface area (Å²) in [7, 11) is 0. The van der Waals surface area contributed by atoms with Crippen LogP contribution >= 0.6 is 11.6 Å². The number of furan rings is 1. The molecule has 0 radical (unpaired) electrons. The van der Waals surface area contributed by atoms with E-state index in [-0.39, 0.29) is 22.0 Å². The van der Waals surface area contributed by atoms with Crippen molar-refractivity contribution in [1.29, 1.82) is 0 Å². The topological polar surface area (TPSA) is 152 Å². The molecule has 1 aliphatic carbocycles. The van der Waals surface area contributed by atoms with Gasteiger partial charge in [0.2, 0.25) is 0 Å². The van der Waals surface area contributed by atoms with Crippen LogP contribution < -0.4 is 10.7 Å². The summed E-state index contributed by atoms with van der Waals surface area (Å²) < 4.78 is 5.93. The zero-order valence-corrected chi connectivity index (χ0v) is 22.5. The Morgan fingerprint density at radius 1 is 0.951 bits per heavy atom. The molecule has 1 aliphatic rings. The zero-order valence-electron chi connectivity index (χ0n) is 21.8. The van der Waals surface area contributed by atoms with Gasteiger partial charge in [-0.1, -0.05) is 29.8 Å². The highest BCUT2D eigenvalue weighted by atomic mass is 35.5. The Kier molecular flexibility index (Phi) is 7.97. The van der Waals surface area contributed by atoms with Gasteiger partial charge in [-0.25, -0.2) is 5.43 Å². The van der Waals surface area contributed by atoms with Gasteiger partial charge in [0.15, 0.2) is 5.76 Å². The number of hydrazone groups is 1. The summed E-state index contributed by atoms with van der Waals surface area (Å²) in [6, 6.07) is 20.0. The minimum absolute atomic E-state index is 0.0398. The maximum absolute atomic E-state index is 13.1. The molecular formula is C29H23ClN6O5. The Hall–Kier alpha value is -5.16. The molecule has 0 fully saturated rings. The minimum atomic E-state index is -0.661. The fourth-order valence-electron chi connectivity index (χ4n) is 4.38. The van der Waals surface area contributed by atoms with Crippen molar-refractivity contribution in [2.45, 2.75) is 26.2 Å². The van der Waals surface area contributed by atoms with Crippen LogP contribution in [-0.2, 0) is 6.42 Å². The monoisotopic (exact) mass is 570 g/mol. The third-order valence-corrected chi connectivity index (χ3v) is 6.71. The van der Waals surface area contributed by atoms with Gasteiger partial charge >= 0.3 is 0 Å². The third kappa shape index (κ3) is 6.20. The van der Waals surface area contributed by atoms with Gasteiger partial charge in [0.1, 0.15) is 10.8 Å². The number of rotatable bonds is 7. The number of halogens is 1. The molecule has 12 heteroatoms. The number of benzene rings is 3. The fourth-order valence-corrected chi connectivity index (χ4v) is 4.57. The molecule has 0 saturated heterocycles. The lowest BCUT2D eigenvalue weighted by atomic mass is 9.93. The normalized spacial score (nSPS) is 13.7. The Bertz CT molecular complexity index is 1700. The van der Waals surface area contributed by atoms with Gasteiger partial charge in [-0.3, -0.25) is 19.7 Å². The number of amides is 2. The standard InChI is InChI=1S/C29H23ClN6O5/c1-17-26-23(34-35-28(37)18-10-15-22(30)24(16-18)36(39)40)8-5-9-25(26)41-27(17)29(38)31-19-11-13-21(14-12-19)33-32-20-6-3-2-4-7-20/h2-4,6-7,10-16H,5,8-9H2,1H3,(H,31,38)(H,35,37)/b33-32?,34-23+. The van der Waals surface area contributed by atoms with Crippen LogP contribution in [0.3, 0.4) is 0 Å². The quantitative estimate of drug-likeness (QED) is 0.136. The number of carbonyl (C=O) groups excluding carboxylic acids is 2. The Labute approximate surface area is 239 Å². The van der Waals surface area contributed by atoms with Crippen molar-refractivity contribution in [3.63, 3.8) is 0 Å². The van der Waals surface area contributed by atoms with Crippen LogP contribution in [-0.4, -0.2) is 22.4 Å². The maximum Gasteiger partial charge on any atom is 0.291 e. The van der Waals surface area contributed by atoms with Crippen LogP contribution in [0.25, 0.3) is 0 Å². The van der Waals surface area contributed by atoms with Crippen molar-refractivity contribution in [1.82, 2.24) is 5.43 Å². The molecule has 3 aromatic carbocycles. The number of hydrogen-bond acceptors (Lipinski definition) is 8. The second-order valence-corrected chi connectivity index (χ2v) is 9.57. The number of nitro groups is 1. The van der Waals surface area contributed by atoms with Crippen LogP contribution in [0.4, 0.5) is 22.7 Å². The van der Waals surface area contributed by atoms with E-state index in [9.17, 15) is 19.7 Å². The fraction of sp³-hybridized carbons (Fsp3) is 0.138. The molecule has 0 spiro atoms. The van der Waals surface area contributed by atoms with Gasteiger partial charge in [0.25, 0.3) is 17.5 Å². The molecule has 2 amide bonds. The van der Waals surface area contributed by atoms with Gasteiger partial charge < -0.3 is 9.73 Å². The number of nitro benzene ring substituents is 1. The van der Waals surface area contributed by atoms with Gasteiger partial charge in [-0.15, -0.1) is 0 Å². The van der Waals surface area contributed by atoms with Gasteiger partial charge in [-0.2, -0.15) is 15.3 Å². The molecule has 0 aliphatic heterocycles. The highest BCUT2D eigenvalue weighted by Gasteiger charge is 2.28. The molecule has 5 rings (SSSR count). The summed E-state index contributed by atoms with van der Waals surface area (Å²) in [5.41, 5.74) is 5.86. The molecule has 4 aromatic rings. The third-order valence-electron chi connectivity index (χ3n) is 6.39. The number of nitrogens with zero attached hydrogens (tertiary/aromatic N) is 4. The van der Waals surface area contributed by atoms with Crippen molar-refractivity contribution in [3.8, 4) is 0 Å². The van der Waals surface area contributed by atoms with E-state index in [1.54, 1.807) is 31.2 Å². The molecule has 41 heavy (non-hydrogen) atoms. The Morgan fingerprint density at radius 3 is 2.37 bits per heavy atom. The second kappa shape index (κ2) is 11.9. The van der Waals surface area contributed by atoms with Gasteiger partial charge in [0, 0.05) is 34.9 Å². The smallest absolute Gasteiger partial charge is 0.291 e. The summed E-state index contributed by atoms with van der Waals surface area (Å²) in [6.45, 7) is 1.76. The predicted octanol–water partition coefficient (Wildman–Crippen LogP) is 7.29. The number of hydrogen-bond donors (Lipinski definition) is 2. The molecule has 0 unspecified atom stereocenters. The highest BCUT2D eigenvalue weighted by molar-refractivity contribution is 6.32. The molecule has 1 heterocycles. The largest absolute Gasteiger partial charge is 0.455 e. The van der Waals surface area contributed by atoms with Crippen molar-refractivity contribution >= 4 is 51.9 Å². The van der Waals surface area contributed by atoms with E-state index in [1.165, 1.54) is 12.1 Å². The van der Waals surface area contributed by atoms with E-state index in [0.717, 1.165) is 11.8 Å². The molecule has 1 aromatic heterocycles. The zero-order chi connectivity index (χ0) is 28.9. The summed E-state index contributed by atoms with van der Waals surface area (Å²) in [5, 5.41) is 26.6. The molecule has 206 valence electrons. The Balaban J connectivity index is 1.29. The summed E-state index contributed by atoms with van der Waals surface area (Å²) in [5.74, 6) is -0.300. The first kappa shape index (κ1) is 27.4. The van der Waals surface area contributed by atoms with Crippen LogP contribution in [0.5, 0.6) is 0 Å². The molecule has 0 atom stereocenters. The lowest BCUT2D eigenvalue weighted by Gasteiger charge is -2.13. The van der Waals surface area contributed by atoms with Crippen LogP contribution in [0, 0.1) is 17.0 Å². The first-order chi connectivity index (χ1) is 19.8. The lowest BCUT2D eigenvalue weighted by molar-refractivity contribution is -0.384. The Morgan fingerprint density at radius 2 is 1.66 bits per heavy atom. The second-order valence-electron chi connectivity index (χ2n) is 9.17. The maximum atomic E-state index is 13.1. The van der Waals surface area contributed by atoms with Crippen molar-refractivity contribution in [3.05, 3.63) is 116 Å². The number of anilines is 1. The lowest BCUT2D eigenvalue weighted by Crippen LogP contribution is -2.22. The van der Waals surface area contributed by atoms with E-state index in [2.05, 4.69) is 26.1 Å². The first-order valence-corrected chi connectivity index (χ1v) is 13.0. The molecule has 0 bridgehead atoms. The van der Waals surface area contributed by atoms with Crippen molar-refractivity contribution < 1.29 is 18.9 Å². The summed E-state index contributed by atoms with van der Waals surface area (Å²) in [4.78, 5) is 36.2. The molecule has 0 saturated carbocycles. The van der Waals surface area contributed by atoms with E-state index in [4.69, 9.17) is 16.0 Å². The number of azo groups is 1. The van der Waals surface area contributed by atoms with E-state index >= 15 is 0 Å². The van der Waals surface area contributed by atoms with Crippen molar-refractivity contribution in [2.75, 3.05) is 5.32 Å². The van der Waals surface area contributed by atoms with Crippen LogP contribution in [0.2, 0.25) is 5.02 Å². The number of nitrogens with one attached hydrogen (secondary N) is 2. The average Bonchev–Trinajstić information content (AvgIpc) is 3.33. The first-order valence-electron chi connectivity index (χ1n) is 12.6. The molecule has 11 nitrogen and oxygen atoms in total. The van der Waals surface area contributed by atoms with Crippen LogP contribution in [0.15, 0.2) is 92.5 Å². The van der Waals surface area contributed by atoms with E-state index < -0.39 is 16.7 Å².